The number of carbonyl (C=O) groups excluding carboxylic acids is 1. The van der Waals surface area contributed by atoms with Crippen LogP contribution in [0, 0.1) is 0 Å². The monoisotopic (exact) mass is 581 g/mol. The number of nitrogens with one attached hydrogen (secondary N) is 1. The third kappa shape index (κ3) is 6.11. The van der Waals surface area contributed by atoms with Crippen molar-refractivity contribution >= 4 is 38.4 Å². The molecule has 3 aromatic carbocycles. The number of para-hydroxylation sites is 1. The molecule has 0 bridgehead atoms. The Balaban J connectivity index is 1.41. The quantitative estimate of drug-likeness (QED) is 0.246. The van der Waals surface area contributed by atoms with Gasteiger partial charge in [-0.1, -0.05) is 35.9 Å². The summed E-state index contributed by atoms with van der Waals surface area (Å²) < 4.78 is 39.3. The van der Waals surface area contributed by atoms with Crippen LogP contribution >= 0.6 is 11.6 Å². The van der Waals surface area contributed by atoms with E-state index in [0.29, 0.717) is 36.0 Å². The maximum Gasteiger partial charge on any atom is 0.243 e. The van der Waals surface area contributed by atoms with Gasteiger partial charge >= 0.3 is 0 Å². The lowest BCUT2D eigenvalue weighted by atomic mass is 10.1. The summed E-state index contributed by atoms with van der Waals surface area (Å²) in [5.74, 6) is 0.893. The van der Waals surface area contributed by atoms with Crippen LogP contribution in [0.15, 0.2) is 77.8 Å². The van der Waals surface area contributed by atoms with Gasteiger partial charge < -0.3 is 19.4 Å². The highest BCUT2D eigenvalue weighted by Gasteiger charge is 2.40. The molecule has 1 N–H and O–H groups in total. The van der Waals surface area contributed by atoms with Crippen LogP contribution in [-0.4, -0.2) is 61.9 Å². The third-order valence-electron chi connectivity index (χ3n) is 7.17. The smallest absolute Gasteiger partial charge is 0.243 e. The van der Waals surface area contributed by atoms with E-state index in [1.165, 1.54) is 16.4 Å². The first kappa shape index (κ1) is 28.0. The van der Waals surface area contributed by atoms with Gasteiger partial charge in [0.25, 0.3) is 0 Å². The highest BCUT2D eigenvalue weighted by molar-refractivity contribution is 7.89. The summed E-state index contributed by atoms with van der Waals surface area (Å²) in [6, 6.07) is 19.4. The molecule has 0 spiro atoms. The van der Waals surface area contributed by atoms with Crippen LogP contribution in [0.25, 0.3) is 10.9 Å². The summed E-state index contributed by atoms with van der Waals surface area (Å²) >= 11 is 5.98. The summed E-state index contributed by atoms with van der Waals surface area (Å²) in [6.07, 6.45) is 4.03. The Morgan fingerprint density at radius 2 is 1.73 bits per heavy atom. The molecule has 1 aliphatic rings. The van der Waals surface area contributed by atoms with E-state index < -0.39 is 10.0 Å². The van der Waals surface area contributed by atoms with Crippen molar-refractivity contribution in [3.8, 4) is 11.5 Å². The number of H-pyrrole nitrogens is 1. The highest BCUT2D eigenvalue weighted by atomic mass is 35.5. The largest absolute Gasteiger partial charge is 0.493 e. The van der Waals surface area contributed by atoms with Crippen molar-refractivity contribution in [2.24, 2.45) is 0 Å². The molecule has 0 atom stereocenters. The van der Waals surface area contributed by atoms with Crippen LogP contribution in [0.2, 0.25) is 5.02 Å². The van der Waals surface area contributed by atoms with Crippen LogP contribution < -0.4 is 9.47 Å². The van der Waals surface area contributed by atoms with Crippen LogP contribution in [0.3, 0.4) is 0 Å². The Kier molecular flexibility index (Phi) is 8.35. The van der Waals surface area contributed by atoms with E-state index in [9.17, 15) is 13.2 Å². The lowest BCUT2D eigenvalue weighted by molar-refractivity contribution is -0.132. The summed E-state index contributed by atoms with van der Waals surface area (Å²) in [5, 5.41) is 1.55. The fourth-order valence-electron chi connectivity index (χ4n) is 4.83. The molecule has 0 unspecified atom stereocenters. The second-order valence-electron chi connectivity index (χ2n) is 9.85. The molecule has 40 heavy (non-hydrogen) atoms. The minimum atomic E-state index is -3.88. The van der Waals surface area contributed by atoms with Crippen LogP contribution in [0.5, 0.6) is 11.5 Å². The molecule has 0 saturated heterocycles. The molecule has 210 valence electrons. The van der Waals surface area contributed by atoms with Crippen molar-refractivity contribution in [1.29, 1.82) is 0 Å². The highest BCUT2D eigenvalue weighted by Crippen LogP contribution is 2.33. The van der Waals surface area contributed by atoms with Gasteiger partial charge in [-0.2, -0.15) is 4.31 Å². The van der Waals surface area contributed by atoms with E-state index >= 15 is 0 Å². The maximum atomic E-state index is 13.9. The molecule has 8 nitrogen and oxygen atoms in total. The number of aromatic amines is 1. The zero-order valence-corrected chi connectivity index (χ0v) is 24.0. The van der Waals surface area contributed by atoms with Crippen molar-refractivity contribution in [1.82, 2.24) is 14.2 Å². The standard InChI is InChI=1S/C30H32ClN3O5S/c1-38-28-14-7-21(17-29(28)39-2)19-33(16-15-22-18-32-27-6-4-3-5-26(22)27)30(35)20-34(24-10-11-24)40(36,37)25-12-8-23(31)9-13-25/h3-9,12-14,17-18,24,32H,10-11,15-16,19-20H2,1-2H3. The summed E-state index contributed by atoms with van der Waals surface area (Å²) in [6.45, 7) is 0.465. The number of halogens is 1. The zero-order chi connectivity index (χ0) is 28.3. The molecular formula is C30H32ClN3O5S. The number of hydrogen-bond acceptors (Lipinski definition) is 5. The molecule has 1 amide bonds. The molecule has 1 saturated carbocycles. The number of nitrogens with zero attached hydrogens (tertiary/aromatic N) is 2. The van der Waals surface area contributed by atoms with E-state index in [4.69, 9.17) is 21.1 Å². The first-order chi connectivity index (χ1) is 19.3. The number of rotatable bonds is 12. The number of ether oxygens (including phenoxy) is 2. The topological polar surface area (TPSA) is 91.9 Å². The van der Waals surface area contributed by atoms with E-state index in [0.717, 1.165) is 34.9 Å². The van der Waals surface area contributed by atoms with Gasteiger partial charge in [-0.25, -0.2) is 8.42 Å². The number of fused-ring (bicyclic) bond motifs is 1. The Morgan fingerprint density at radius 3 is 2.42 bits per heavy atom. The van der Waals surface area contributed by atoms with Crippen molar-refractivity contribution in [3.05, 3.63) is 89.1 Å². The Hall–Kier alpha value is -3.53. The number of hydrogen-bond donors (Lipinski definition) is 1. The fraction of sp³-hybridized carbons (Fsp3) is 0.300. The molecule has 5 rings (SSSR count). The Morgan fingerprint density at radius 1 is 1.00 bits per heavy atom. The molecule has 0 radical (unpaired) electrons. The van der Waals surface area contributed by atoms with Crippen molar-refractivity contribution < 1.29 is 22.7 Å². The first-order valence-electron chi connectivity index (χ1n) is 13.1. The molecular weight excluding hydrogens is 550 g/mol. The van der Waals surface area contributed by atoms with Gasteiger partial charge in [-0.3, -0.25) is 4.79 Å². The molecule has 4 aromatic rings. The second-order valence-corrected chi connectivity index (χ2v) is 12.2. The molecule has 1 aliphatic carbocycles. The number of amides is 1. The minimum absolute atomic E-state index is 0.127. The van der Waals surface area contributed by atoms with E-state index in [-0.39, 0.29) is 23.4 Å². The number of methoxy groups -OCH3 is 2. The Bertz CT molecular complexity index is 1600. The first-order valence-corrected chi connectivity index (χ1v) is 14.9. The van der Waals surface area contributed by atoms with Crippen LogP contribution in [-0.2, 0) is 27.8 Å². The van der Waals surface area contributed by atoms with Crippen molar-refractivity contribution in [2.45, 2.75) is 36.7 Å². The minimum Gasteiger partial charge on any atom is -0.493 e. The van der Waals surface area contributed by atoms with Gasteiger partial charge in [0.2, 0.25) is 15.9 Å². The fourth-order valence-corrected chi connectivity index (χ4v) is 6.59. The van der Waals surface area contributed by atoms with E-state index in [2.05, 4.69) is 11.1 Å². The van der Waals surface area contributed by atoms with Gasteiger partial charge in [0.1, 0.15) is 0 Å². The predicted octanol–water partition coefficient (Wildman–Crippen LogP) is 5.26. The summed E-state index contributed by atoms with van der Waals surface area (Å²) in [5.41, 5.74) is 2.97. The van der Waals surface area contributed by atoms with Gasteiger partial charge in [0.05, 0.1) is 25.7 Å². The predicted molar refractivity (Wildman–Crippen MR) is 155 cm³/mol. The van der Waals surface area contributed by atoms with Gasteiger partial charge in [-0.05, 0) is 72.9 Å². The summed E-state index contributed by atoms with van der Waals surface area (Å²) in [4.78, 5) is 19.0. The Labute approximate surface area is 239 Å². The van der Waals surface area contributed by atoms with Crippen molar-refractivity contribution in [3.63, 3.8) is 0 Å². The normalized spacial score (nSPS) is 13.5. The van der Waals surface area contributed by atoms with Crippen LogP contribution in [0.4, 0.5) is 0 Å². The summed E-state index contributed by atoms with van der Waals surface area (Å²) in [7, 11) is -0.739. The maximum absolute atomic E-state index is 13.9. The second kappa shape index (κ2) is 11.9. The van der Waals surface area contributed by atoms with Gasteiger partial charge in [0.15, 0.2) is 11.5 Å². The number of carbonyl (C=O) groups is 1. The lowest BCUT2D eigenvalue weighted by Gasteiger charge is -2.28. The third-order valence-corrected chi connectivity index (χ3v) is 9.33. The molecule has 1 aromatic heterocycles. The van der Waals surface area contributed by atoms with Gasteiger partial charge in [-0.15, -0.1) is 0 Å². The lowest BCUT2D eigenvalue weighted by Crippen LogP contribution is -2.44. The number of aromatic nitrogens is 1. The number of sulfonamides is 1. The molecule has 0 aliphatic heterocycles. The average Bonchev–Trinajstić information content (AvgIpc) is 3.72. The zero-order valence-electron chi connectivity index (χ0n) is 22.5. The molecule has 1 fully saturated rings. The van der Waals surface area contributed by atoms with E-state index in [1.807, 2.05) is 36.5 Å². The SMILES string of the molecule is COc1ccc(CN(CCc2c[nH]c3ccccc23)C(=O)CN(C2CC2)S(=O)(=O)c2ccc(Cl)cc2)cc1OC. The molecule has 10 heteroatoms. The van der Waals surface area contributed by atoms with Gasteiger partial charge in [0, 0.05) is 41.3 Å². The average molecular weight is 582 g/mol. The van der Waals surface area contributed by atoms with Crippen LogP contribution in [0.1, 0.15) is 24.0 Å². The molecule has 1 heterocycles. The van der Waals surface area contributed by atoms with Crippen molar-refractivity contribution in [2.75, 3.05) is 27.3 Å². The number of benzene rings is 3. The van der Waals surface area contributed by atoms with E-state index in [1.54, 1.807) is 37.3 Å².